The molecule has 0 aliphatic heterocycles. The van der Waals surface area contributed by atoms with Crippen molar-refractivity contribution in [2.75, 3.05) is 6.26 Å². The van der Waals surface area contributed by atoms with Crippen LogP contribution in [-0.4, -0.2) is 16.1 Å². The maximum absolute atomic E-state index is 11.4. The van der Waals surface area contributed by atoms with Gasteiger partial charge in [-0.1, -0.05) is 18.2 Å². The SMILES string of the molecule is C[SH](=O)(C=O)c1ccccc1. The van der Waals surface area contributed by atoms with Gasteiger partial charge in [0.2, 0.25) is 0 Å². The fraction of sp³-hybridized carbons (Fsp3) is 0.125. The van der Waals surface area contributed by atoms with Crippen molar-refractivity contribution in [3.63, 3.8) is 0 Å². The van der Waals surface area contributed by atoms with Crippen LogP contribution in [0.4, 0.5) is 0 Å². The van der Waals surface area contributed by atoms with Crippen LogP contribution in [0.5, 0.6) is 0 Å². The van der Waals surface area contributed by atoms with Crippen LogP contribution in [0.15, 0.2) is 35.2 Å². The number of carbonyl (C=O) groups is 1. The molecule has 0 spiro atoms. The normalized spacial score (nSPS) is 12.5. The highest BCUT2D eigenvalue weighted by molar-refractivity contribution is 8.14. The molecule has 0 bridgehead atoms. The van der Waals surface area contributed by atoms with Crippen LogP contribution in [0.3, 0.4) is 0 Å². The van der Waals surface area contributed by atoms with E-state index in [2.05, 4.69) is 0 Å². The van der Waals surface area contributed by atoms with Crippen molar-refractivity contribution in [2.24, 2.45) is 0 Å². The van der Waals surface area contributed by atoms with Crippen molar-refractivity contribution >= 4 is 15.6 Å². The first-order valence-corrected chi connectivity index (χ1v) is 5.48. The van der Waals surface area contributed by atoms with Gasteiger partial charge in [0.15, 0.2) is 5.62 Å². The molecule has 0 saturated heterocycles. The molecule has 0 N–H and O–H groups in total. The van der Waals surface area contributed by atoms with Crippen molar-refractivity contribution in [1.82, 2.24) is 0 Å². The molecule has 0 saturated carbocycles. The highest BCUT2D eigenvalue weighted by Gasteiger charge is 2.07. The molecule has 2 nitrogen and oxygen atoms in total. The second-order valence-corrected chi connectivity index (χ2v) is 5.14. The standard InChI is InChI=1S/C8H10O2S/c1-11(10,7-9)8-5-3-2-4-6-8/h2-7,11H,1H3. The van der Waals surface area contributed by atoms with Gasteiger partial charge in [-0.05, 0) is 28.3 Å². The lowest BCUT2D eigenvalue weighted by atomic mass is 10.4. The summed E-state index contributed by atoms with van der Waals surface area (Å²) >= 11 is 0. The third-order valence-electron chi connectivity index (χ3n) is 1.47. The van der Waals surface area contributed by atoms with E-state index in [1.54, 1.807) is 24.3 Å². The first kappa shape index (κ1) is 8.14. The summed E-state index contributed by atoms with van der Waals surface area (Å²) in [6.45, 7) is 0. The zero-order valence-corrected chi connectivity index (χ0v) is 7.12. The molecule has 0 amide bonds. The summed E-state index contributed by atoms with van der Waals surface area (Å²) in [7, 11) is -2.71. The molecule has 0 heterocycles. The van der Waals surface area contributed by atoms with Crippen molar-refractivity contribution in [3.8, 4) is 0 Å². The van der Waals surface area contributed by atoms with E-state index < -0.39 is 9.93 Å². The molecule has 1 rings (SSSR count). The quantitative estimate of drug-likeness (QED) is 0.528. The van der Waals surface area contributed by atoms with Crippen LogP contribution in [0.25, 0.3) is 0 Å². The average molecular weight is 170 g/mol. The number of thiol groups is 1. The summed E-state index contributed by atoms with van der Waals surface area (Å²) in [5.74, 6) is 0. The van der Waals surface area contributed by atoms with Gasteiger partial charge in [0, 0.05) is 4.90 Å². The first-order chi connectivity index (χ1) is 5.17. The smallest absolute Gasteiger partial charge is 0.186 e. The molecule has 0 fully saturated rings. The van der Waals surface area contributed by atoms with Crippen molar-refractivity contribution < 1.29 is 9.00 Å². The summed E-state index contributed by atoms with van der Waals surface area (Å²) in [4.78, 5) is 11.0. The lowest BCUT2D eigenvalue weighted by Crippen LogP contribution is -2.09. The number of hydrogen-bond acceptors (Lipinski definition) is 2. The minimum absolute atomic E-state index is 0.530. The van der Waals surface area contributed by atoms with E-state index in [9.17, 15) is 9.00 Å². The Bertz CT molecular complexity index is 292. The van der Waals surface area contributed by atoms with E-state index in [1.165, 1.54) is 6.26 Å². The van der Waals surface area contributed by atoms with Gasteiger partial charge in [0.25, 0.3) is 0 Å². The van der Waals surface area contributed by atoms with E-state index in [-0.39, 0.29) is 0 Å². The van der Waals surface area contributed by atoms with E-state index in [4.69, 9.17) is 0 Å². The number of rotatable bonds is 2. The Labute approximate surface area is 66.7 Å². The fourth-order valence-electron chi connectivity index (χ4n) is 0.785. The minimum atomic E-state index is -2.71. The third-order valence-corrected chi connectivity index (χ3v) is 3.20. The lowest BCUT2D eigenvalue weighted by molar-refractivity contribution is 0.566. The Kier molecular flexibility index (Phi) is 2.19. The lowest BCUT2D eigenvalue weighted by Gasteiger charge is -2.09. The molecule has 0 aliphatic rings. The van der Waals surface area contributed by atoms with Crippen LogP contribution in [-0.2, 0) is 14.7 Å². The molecule has 1 aromatic carbocycles. The van der Waals surface area contributed by atoms with Crippen LogP contribution in [0.1, 0.15) is 0 Å². The molecule has 3 heteroatoms. The summed E-state index contributed by atoms with van der Waals surface area (Å²) < 4.78 is 11.4. The maximum Gasteiger partial charge on any atom is 0.186 e. The molecular formula is C8H10O2S. The Morgan fingerprint density at radius 3 is 2.27 bits per heavy atom. The molecule has 11 heavy (non-hydrogen) atoms. The Morgan fingerprint density at radius 1 is 1.27 bits per heavy atom. The molecular weight excluding hydrogens is 160 g/mol. The van der Waals surface area contributed by atoms with Gasteiger partial charge in [-0.15, -0.1) is 0 Å². The summed E-state index contributed by atoms with van der Waals surface area (Å²) in [5, 5.41) is 0. The maximum atomic E-state index is 11.4. The fourth-order valence-corrected chi connectivity index (χ4v) is 1.67. The zero-order valence-electron chi connectivity index (χ0n) is 6.23. The van der Waals surface area contributed by atoms with Gasteiger partial charge in [0.05, 0.1) is 0 Å². The molecule has 0 atom stereocenters. The van der Waals surface area contributed by atoms with Gasteiger partial charge in [-0.2, -0.15) is 0 Å². The van der Waals surface area contributed by atoms with Crippen LogP contribution >= 0.6 is 0 Å². The number of hydrogen-bond donors (Lipinski definition) is 1. The molecule has 60 valence electrons. The average Bonchev–Trinajstić information content (AvgIpc) is 2.06. The van der Waals surface area contributed by atoms with Crippen LogP contribution in [0, 0.1) is 0 Å². The summed E-state index contributed by atoms with van der Waals surface area (Å²) in [6, 6.07) is 8.78. The predicted octanol–water partition coefficient (Wildman–Crippen LogP) is 0.882. The van der Waals surface area contributed by atoms with Gasteiger partial charge in [0.1, 0.15) is 0 Å². The van der Waals surface area contributed by atoms with Crippen molar-refractivity contribution in [2.45, 2.75) is 4.90 Å². The Morgan fingerprint density at radius 2 is 1.82 bits per heavy atom. The molecule has 1 aromatic rings. The number of benzene rings is 1. The van der Waals surface area contributed by atoms with Crippen molar-refractivity contribution in [1.29, 1.82) is 0 Å². The Hall–Kier alpha value is -0.960. The Balaban J connectivity index is 3.13. The summed E-state index contributed by atoms with van der Waals surface area (Å²) in [5.41, 5.74) is 0.530. The van der Waals surface area contributed by atoms with Crippen LogP contribution < -0.4 is 0 Å². The van der Waals surface area contributed by atoms with Gasteiger partial charge < -0.3 is 0 Å². The molecule has 0 radical (unpaired) electrons. The molecule has 0 unspecified atom stereocenters. The van der Waals surface area contributed by atoms with Crippen molar-refractivity contribution in [3.05, 3.63) is 30.3 Å². The van der Waals surface area contributed by atoms with Gasteiger partial charge in [-0.25, -0.2) is 0 Å². The predicted molar refractivity (Wildman–Crippen MR) is 46.9 cm³/mol. The monoisotopic (exact) mass is 170 g/mol. The highest BCUT2D eigenvalue weighted by atomic mass is 32.2. The van der Waals surface area contributed by atoms with Gasteiger partial charge >= 0.3 is 0 Å². The zero-order chi connectivity index (χ0) is 8.32. The van der Waals surface area contributed by atoms with E-state index in [0.29, 0.717) is 10.5 Å². The van der Waals surface area contributed by atoms with Gasteiger partial charge in [-0.3, -0.25) is 9.00 Å². The third kappa shape index (κ3) is 1.74. The second-order valence-electron chi connectivity index (χ2n) is 2.43. The molecule has 0 aliphatic carbocycles. The second kappa shape index (κ2) is 2.96. The molecule has 0 aromatic heterocycles. The van der Waals surface area contributed by atoms with E-state index in [0.717, 1.165) is 0 Å². The van der Waals surface area contributed by atoms with E-state index in [1.807, 2.05) is 6.07 Å². The van der Waals surface area contributed by atoms with E-state index >= 15 is 0 Å². The highest BCUT2D eigenvalue weighted by Crippen LogP contribution is 2.12. The first-order valence-electron chi connectivity index (χ1n) is 3.26. The largest absolute Gasteiger partial charge is 0.290 e. The number of carbonyl (C=O) groups excluding carboxylic acids is 1. The van der Waals surface area contributed by atoms with Crippen LogP contribution in [0.2, 0.25) is 0 Å². The topological polar surface area (TPSA) is 34.1 Å². The summed E-state index contributed by atoms with van der Waals surface area (Å²) in [6.07, 6.45) is 1.47. The minimum Gasteiger partial charge on any atom is -0.290 e.